The Morgan fingerprint density at radius 1 is 1.62 bits per heavy atom. The Bertz CT molecular complexity index is 331. The molecule has 1 aromatic heterocycles. The van der Waals surface area contributed by atoms with Gasteiger partial charge in [-0.3, -0.25) is 4.98 Å². The zero-order valence-corrected chi connectivity index (χ0v) is 10.3. The molecule has 0 radical (unpaired) electrons. The number of hydrogen-bond acceptors (Lipinski definition) is 3. The topological polar surface area (TPSA) is 24.9 Å². The molecule has 0 amide bonds. The van der Waals surface area contributed by atoms with Crippen LogP contribution in [0.25, 0.3) is 0 Å². The van der Waals surface area contributed by atoms with E-state index in [0.717, 1.165) is 23.6 Å². The van der Waals surface area contributed by atoms with Gasteiger partial charge in [-0.1, -0.05) is 6.08 Å². The second-order valence-electron chi connectivity index (χ2n) is 3.48. The van der Waals surface area contributed by atoms with E-state index in [-0.39, 0.29) is 11.9 Å². The highest BCUT2D eigenvalue weighted by atomic mass is 32.2. The van der Waals surface area contributed by atoms with E-state index in [2.05, 4.69) is 16.9 Å². The third-order valence-electron chi connectivity index (χ3n) is 2.16. The summed E-state index contributed by atoms with van der Waals surface area (Å²) >= 11 is 1.82. The number of pyridine rings is 1. The lowest BCUT2D eigenvalue weighted by atomic mass is 10.1. The van der Waals surface area contributed by atoms with Crippen molar-refractivity contribution in [3.8, 4) is 0 Å². The van der Waals surface area contributed by atoms with Gasteiger partial charge in [-0.25, -0.2) is 4.39 Å². The molecule has 0 saturated carbocycles. The summed E-state index contributed by atoms with van der Waals surface area (Å²) in [6.45, 7) is 6.57. The van der Waals surface area contributed by atoms with Crippen molar-refractivity contribution in [3.05, 3.63) is 42.5 Å². The van der Waals surface area contributed by atoms with Crippen LogP contribution in [0.5, 0.6) is 0 Å². The summed E-state index contributed by atoms with van der Waals surface area (Å²) in [6.07, 6.45) is 4.80. The van der Waals surface area contributed by atoms with Crippen LogP contribution in [0.15, 0.2) is 31.1 Å². The Kier molecular flexibility index (Phi) is 6.11. The number of nitrogens with zero attached hydrogens (tertiary/aromatic N) is 1. The van der Waals surface area contributed by atoms with Crippen LogP contribution >= 0.6 is 11.8 Å². The lowest BCUT2D eigenvalue weighted by Gasteiger charge is -2.13. The second-order valence-corrected chi connectivity index (χ2v) is 4.63. The minimum atomic E-state index is -0.285. The van der Waals surface area contributed by atoms with Gasteiger partial charge >= 0.3 is 0 Å². The molecule has 88 valence electrons. The van der Waals surface area contributed by atoms with E-state index in [0.29, 0.717) is 0 Å². The SMILES string of the molecule is C=CCSCCNC(C)c1cncc(F)c1. The zero-order chi connectivity index (χ0) is 11.8. The van der Waals surface area contributed by atoms with Gasteiger partial charge in [0.1, 0.15) is 5.82 Å². The summed E-state index contributed by atoms with van der Waals surface area (Å²) in [5, 5.41) is 3.32. The van der Waals surface area contributed by atoms with Crippen LogP contribution in [-0.2, 0) is 0 Å². The van der Waals surface area contributed by atoms with Crippen molar-refractivity contribution in [2.45, 2.75) is 13.0 Å². The van der Waals surface area contributed by atoms with Crippen molar-refractivity contribution >= 4 is 11.8 Å². The highest BCUT2D eigenvalue weighted by molar-refractivity contribution is 7.99. The third kappa shape index (κ3) is 4.77. The van der Waals surface area contributed by atoms with E-state index in [4.69, 9.17) is 0 Å². The molecular formula is C12H17FN2S. The van der Waals surface area contributed by atoms with Crippen LogP contribution in [0.3, 0.4) is 0 Å². The van der Waals surface area contributed by atoms with Crippen molar-refractivity contribution in [2.24, 2.45) is 0 Å². The normalized spacial score (nSPS) is 12.4. The van der Waals surface area contributed by atoms with Crippen LogP contribution in [-0.4, -0.2) is 23.0 Å². The molecule has 0 aliphatic carbocycles. The van der Waals surface area contributed by atoms with Crippen LogP contribution < -0.4 is 5.32 Å². The maximum absolute atomic E-state index is 12.9. The third-order valence-corrected chi connectivity index (χ3v) is 3.12. The molecule has 0 aromatic carbocycles. The Morgan fingerprint density at radius 2 is 2.44 bits per heavy atom. The van der Waals surface area contributed by atoms with Gasteiger partial charge in [0.05, 0.1) is 6.20 Å². The van der Waals surface area contributed by atoms with Crippen LogP contribution in [0.1, 0.15) is 18.5 Å². The Morgan fingerprint density at radius 3 is 3.12 bits per heavy atom. The number of nitrogens with one attached hydrogen (secondary N) is 1. The molecule has 4 heteroatoms. The maximum atomic E-state index is 12.9. The van der Waals surface area contributed by atoms with E-state index < -0.39 is 0 Å². The largest absolute Gasteiger partial charge is 0.309 e. The van der Waals surface area contributed by atoms with Crippen molar-refractivity contribution < 1.29 is 4.39 Å². The molecule has 1 aromatic rings. The molecule has 1 heterocycles. The monoisotopic (exact) mass is 240 g/mol. The van der Waals surface area contributed by atoms with Gasteiger partial charge in [-0.05, 0) is 18.6 Å². The predicted molar refractivity (Wildman–Crippen MR) is 68.1 cm³/mol. The highest BCUT2D eigenvalue weighted by Gasteiger charge is 2.05. The van der Waals surface area contributed by atoms with E-state index >= 15 is 0 Å². The van der Waals surface area contributed by atoms with Crippen LogP contribution in [0, 0.1) is 5.82 Å². The number of thioether (sulfide) groups is 1. The molecule has 0 fully saturated rings. The fourth-order valence-corrected chi connectivity index (χ4v) is 1.89. The van der Waals surface area contributed by atoms with E-state index in [1.807, 2.05) is 24.8 Å². The van der Waals surface area contributed by atoms with Gasteiger partial charge in [-0.2, -0.15) is 11.8 Å². The Balaban J connectivity index is 2.29. The molecule has 16 heavy (non-hydrogen) atoms. The van der Waals surface area contributed by atoms with Gasteiger partial charge in [0.25, 0.3) is 0 Å². The van der Waals surface area contributed by atoms with E-state index in [9.17, 15) is 4.39 Å². The minimum Gasteiger partial charge on any atom is -0.309 e. The first kappa shape index (κ1) is 13.2. The van der Waals surface area contributed by atoms with E-state index in [1.165, 1.54) is 12.3 Å². The fourth-order valence-electron chi connectivity index (χ4n) is 1.30. The second kappa shape index (κ2) is 7.41. The Hall–Kier alpha value is -0.870. The average molecular weight is 240 g/mol. The maximum Gasteiger partial charge on any atom is 0.141 e. The lowest BCUT2D eigenvalue weighted by molar-refractivity contribution is 0.579. The molecule has 2 nitrogen and oxygen atoms in total. The first-order valence-electron chi connectivity index (χ1n) is 5.26. The zero-order valence-electron chi connectivity index (χ0n) is 9.45. The van der Waals surface area contributed by atoms with Gasteiger partial charge in [0, 0.05) is 30.3 Å². The molecular weight excluding hydrogens is 223 g/mol. The first-order chi connectivity index (χ1) is 7.74. The molecule has 1 rings (SSSR count). The molecule has 0 aliphatic rings. The quantitative estimate of drug-likeness (QED) is 0.586. The van der Waals surface area contributed by atoms with Gasteiger partial charge < -0.3 is 5.32 Å². The van der Waals surface area contributed by atoms with Crippen LogP contribution in [0.2, 0.25) is 0 Å². The Labute approximate surface area is 100 Å². The summed E-state index contributed by atoms with van der Waals surface area (Å²) in [4.78, 5) is 3.83. The molecule has 0 spiro atoms. The fraction of sp³-hybridized carbons (Fsp3) is 0.417. The summed E-state index contributed by atoms with van der Waals surface area (Å²) in [5.74, 6) is 1.71. The highest BCUT2D eigenvalue weighted by Crippen LogP contribution is 2.11. The smallest absolute Gasteiger partial charge is 0.141 e. The van der Waals surface area contributed by atoms with E-state index in [1.54, 1.807) is 6.20 Å². The molecule has 0 aliphatic heterocycles. The van der Waals surface area contributed by atoms with Crippen LogP contribution in [0.4, 0.5) is 4.39 Å². The first-order valence-corrected chi connectivity index (χ1v) is 6.42. The number of aromatic nitrogens is 1. The average Bonchev–Trinajstić information content (AvgIpc) is 2.28. The number of hydrogen-bond donors (Lipinski definition) is 1. The molecule has 1 unspecified atom stereocenters. The van der Waals surface area contributed by atoms with Gasteiger partial charge in [0.15, 0.2) is 0 Å². The van der Waals surface area contributed by atoms with Gasteiger partial charge in [0.2, 0.25) is 0 Å². The lowest BCUT2D eigenvalue weighted by Crippen LogP contribution is -2.21. The van der Waals surface area contributed by atoms with Crippen molar-refractivity contribution in [3.63, 3.8) is 0 Å². The van der Waals surface area contributed by atoms with Gasteiger partial charge in [-0.15, -0.1) is 6.58 Å². The summed E-state index contributed by atoms with van der Waals surface area (Å²) in [6, 6.07) is 1.65. The van der Waals surface area contributed by atoms with Crippen molar-refractivity contribution in [1.82, 2.24) is 10.3 Å². The van der Waals surface area contributed by atoms with Crippen molar-refractivity contribution in [1.29, 1.82) is 0 Å². The summed E-state index contributed by atoms with van der Waals surface area (Å²) < 4.78 is 12.9. The molecule has 1 atom stereocenters. The minimum absolute atomic E-state index is 0.132. The standard InChI is InChI=1S/C12H17FN2S/c1-3-5-16-6-4-15-10(2)11-7-12(13)9-14-8-11/h3,7-10,15H,1,4-6H2,2H3. The predicted octanol–water partition coefficient (Wildman–Crippen LogP) is 2.79. The molecule has 1 N–H and O–H groups in total. The van der Waals surface area contributed by atoms with Crippen molar-refractivity contribution in [2.75, 3.05) is 18.1 Å². The molecule has 0 bridgehead atoms. The number of halogens is 1. The summed E-state index contributed by atoms with van der Waals surface area (Å²) in [7, 11) is 0. The molecule has 0 saturated heterocycles. The number of rotatable bonds is 7. The summed E-state index contributed by atoms with van der Waals surface area (Å²) in [5.41, 5.74) is 0.883.